The van der Waals surface area contributed by atoms with E-state index in [-0.39, 0.29) is 0 Å². The number of hydrogen-bond donors (Lipinski definition) is 0. The Kier molecular flexibility index (Phi) is 2.50. The van der Waals surface area contributed by atoms with Crippen LogP contribution in [0.2, 0.25) is 0 Å². The third kappa shape index (κ3) is 1.54. The molecule has 2 aliphatic carbocycles. The van der Waals surface area contributed by atoms with Gasteiger partial charge in [0.25, 0.3) is 0 Å². The van der Waals surface area contributed by atoms with Gasteiger partial charge >= 0.3 is 0 Å². The number of halogens is 2. The van der Waals surface area contributed by atoms with E-state index in [0.29, 0.717) is 11.8 Å². The second kappa shape index (κ2) is 3.69. The number of alkyl halides is 2. The van der Waals surface area contributed by atoms with Gasteiger partial charge in [0.2, 0.25) is 0 Å². The molecule has 0 aliphatic heterocycles. The molecule has 2 unspecified atom stereocenters. The minimum Gasteiger partial charge on any atom is -0.496 e. The largest absolute Gasteiger partial charge is 0.496 e. The summed E-state index contributed by atoms with van der Waals surface area (Å²) in [5, 5.41) is 0. The Hall–Kier alpha value is -0.600. The molecule has 1 saturated carbocycles. The second-order valence-corrected chi connectivity index (χ2v) is 6.17. The fourth-order valence-corrected chi connectivity index (χ4v) is 3.73. The van der Waals surface area contributed by atoms with Crippen molar-refractivity contribution in [1.82, 2.24) is 0 Å². The first-order chi connectivity index (χ1) is 8.09. The fraction of sp³-hybridized carbons (Fsp3) is 0.538. The van der Waals surface area contributed by atoms with Gasteiger partial charge in [-0.3, -0.25) is 0 Å². The van der Waals surface area contributed by atoms with E-state index in [0.717, 1.165) is 24.3 Å². The summed E-state index contributed by atoms with van der Waals surface area (Å²) in [6.45, 7) is 0. The van der Waals surface area contributed by atoms with E-state index < -0.39 is 4.33 Å². The van der Waals surface area contributed by atoms with Crippen molar-refractivity contribution in [1.29, 1.82) is 0 Å². The number of fused-ring (bicyclic) bond motifs is 2. The minimum absolute atomic E-state index is 0.360. The quantitative estimate of drug-likeness (QED) is 0.770. The van der Waals surface area contributed by atoms with Crippen LogP contribution in [0.1, 0.15) is 11.1 Å². The number of hydrogen-bond acceptors (Lipinski definition) is 2. The molecular weight excluding hydrogens is 259 g/mol. The molecule has 2 aliphatic rings. The molecule has 17 heavy (non-hydrogen) atoms. The van der Waals surface area contributed by atoms with E-state index >= 15 is 0 Å². The molecule has 2 atom stereocenters. The molecule has 92 valence electrons. The van der Waals surface area contributed by atoms with E-state index in [4.69, 9.17) is 32.7 Å². The molecule has 2 nitrogen and oxygen atoms in total. The zero-order valence-corrected chi connectivity index (χ0v) is 11.3. The molecule has 0 radical (unpaired) electrons. The molecule has 1 aromatic rings. The third-order valence-corrected chi connectivity index (χ3v) is 5.12. The van der Waals surface area contributed by atoms with Crippen molar-refractivity contribution in [3.8, 4) is 11.5 Å². The molecule has 0 heterocycles. The lowest BCUT2D eigenvalue weighted by Gasteiger charge is -2.20. The number of benzene rings is 1. The van der Waals surface area contributed by atoms with Gasteiger partial charge < -0.3 is 9.47 Å². The van der Waals surface area contributed by atoms with Gasteiger partial charge in [-0.05, 0) is 25.0 Å². The lowest BCUT2D eigenvalue weighted by atomic mass is 9.90. The van der Waals surface area contributed by atoms with Gasteiger partial charge in [0, 0.05) is 23.0 Å². The summed E-state index contributed by atoms with van der Waals surface area (Å²) >= 11 is 12.6. The smallest absolute Gasteiger partial charge is 0.125 e. The van der Waals surface area contributed by atoms with Crippen molar-refractivity contribution in [2.75, 3.05) is 14.2 Å². The van der Waals surface area contributed by atoms with Gasteiger partial charge in [-0.25, -0.2) is 0 Å². The Morgan fingerprint density at radius 3 is 1.76 bits per heavy atom. The highest BCUT2D eigenvalue weighted by Gasteiger charge is 2.64. The standard InChI is InChI=1S/C13H14Cl2O2/c1-16-11-3-4-12(17-2)8-6-10-9(5-7(8)11)13(10,14)15/h3-4,9-10H,5-6H2,1-2H3. The monoisotopic (exact) mass is 272 g/mol. The summed E-state index contributed by atoms with van der Waals surface area (Å²) in [5.74, 6) is 2.55. The van der Waals surface area contributed by atoms with Crippen molar-refractivity contribution in [3.05, 3.63) is 23.3 Å². The average Bonchev–Trinajstić information content (AvgIpc) is 2.87. The Labute approximate surface area is 111 Å². The van der Waals surface area contributed by atoms with Crippen LogP contribution in [0.15, 0.2) is 12.1 Å². The fourth-order valence-electron chi connectivity index (χ4n) is 2.94. The van der Waals surface area contributed by atoms with Crippen LogP contribution in [0.5, 0.6) is 11.5 Å². The highest BCUT2D eigenvalue weighted by molar-refractivity contribution is 6.51. The Balaban J connectivity index is 2.06. The summed E-state index contributed by atoms with van der Waals surface area (Å²) in [5.41, 5.74) is 2.41. The predicted octanol–water partition coefficient (Wildman–Crippen LogP) is 3.22. The van der Waals surface area contributed by atoms with Crippen LogP contribution in [0.3, 0.4) is 0 Å². The van der Waals surface area contributed by atoms with E-state index in [1.165, 1.54) is 11.1 Å². The lowest BCUT2D eigenvalue weighted by molar-refractivity contribution is 0.388. The average molecular weight is 273 g/mol. The van der Waals surface area contributed by atoms with Gasteiger partial charge in [0.05, 0.1) is 14.2 Å². The van der Waals surface area contributed by atoms with E-state index in [9.17, 15) is 0 Å². The topological polar surface area (TPSA) is 18.5 Å². The van der Waals surface area contributed by atoms with E-state index in [2.05, 4.69) is 0 Å². The number of methoxy groups -OCH3 is 2. The molecule has 0 spiro atoms. The molecular formula is C13H14Cl2O2. The Bertz CT molecular complexity index is 430. The molecule has 3 rings (SSSR count). The van der Waals surface area contributed by atoms with Crippen molar-refractivity contribution < 1.29 is 9.47 Å². The first-order valence-electron chi connectivity index (χ1n) is 5.70. The first kappa shape index (κ1) is 11.5. The molecule has 0 aromatic heterocycles. The van der Waals surface area contributed by atoms with Crippen LogP contribution in [0.4, 0.5) is 0 Å². The molecule has 0 saturated heterocycles. The van der Waals surface area contributed by atoms with Crippen molar-refractivity contribution >= 4 is 23.2 Å². The maximum absolute atomic E-state index is 6.28. The molecule has 0 bridgehead atoms. The van der Waals surface area contributed by atoms with E-state index in [1.807, 2.05) is 12.1 Å². The second-order valence-electron chi connectivity index (χ2n) is 4.72. The summed E-state index contributed by atoms with van der Waals surface area (Å²) < 4.78 is 10.3. The van der Waals surface area contributed by atoms with Crippen LogP contribution in [-0.4, -0.2) is 18.6 Å². The van der Waals surface area contributed by atoms with Crippen molar-refractivity contribution in [3.63, 3.8) is 0 Å². The molecule has 1 aromatic carbocycles. The van der Waals surface area contributed by atoms with Crippen molar-refractivity contribution in [2.24, 2.45) is 11.8 Å². The maximum Gasteiger partial charge on any atom is 0.125 e. The van der Waals surface area contributed by atoms with Crippen molar-refractivity contribution in [2.45, 2.75) is 17.2 Å². The van der Waals surface area contributed by atoms with Gasteiger partial charge in [-0.15, -0.1) is 23.2 Å². The predicted molar refractivity (Wildman–Crippen MR) is 68.4 cm³/mol. The summed E-state index contributed by atoms with van der Waals surface area (Å²) in [6, 6.07) is 3.90. The van der Waals surface area contributed by atoms with Crippen LogP contribution < -0.4 is 9.47 Å². The molecule has 0 N–H and O–H groups in total. The zero-order chi connectivity index (χ0) is 12.2. The number of ether oxygens (including phenoxy) is 2. The zero-order valence-electron chi connectivity index (χ0n) is 9.80. The minimum atomic E-state index is -0.560. The number of rotatable bonds is 2. The van der Waals surface area contributed by atoms with Crippen LogP contribution in [0.25, 0.3) is 0 Å². The highest BCUT2D eigenvalue weighted by atomic mass is 35.5. The lowest BCUT2D eigenvalue weighted by Crippen LogP contribution is -2.09. The Morgan fingerprint density at radius 1 is 1.00 bits per heavy atom. The first-order valence-corrected chi connectivity index (χ1v) is 6.45. The summed E-state index contributed by atoms with van der Waals surface area (Å²) in [4.78, 5) is 0. The van der Waals surface area contributed by atoms with Gasteiger partial charge in [-0.2, -0.15) is 0 Å². The maximum atomic E-state index is 6.28. The highest BCUT2D eigenvalue weighted by Crippen LogP contribution is 2.65. The molecule has 4 heteroatoms. The SMILES string of the molecule is COc1ccc(OC)c2c1CC1C(C2)C1(Cl)Cl. The van der Waals surface area contributed by atoms with Crippen LogP contribution >= 0.6 is 23.2 Å². The summed E-state index contributed by atoms with van der Waals surface area (Å²) in [6.07, 6.45) is 1.76. The normalized spacial score (nSPS) is 28.0. The van der Waals surface area contributed by atoms with E-state index in [1.54, 1.807) is 14.2 Å². The molecule has 0 amide bonds. The van der Waals surface area contributed by atoms with Gasteiger partial charge in [0.15, 0.2) is 0 Å². The van der Waals surface area contributed by atoms with Crippen LogP contribution in [0, 0.1) is 11.8 Å². The van der Waals surface area contributed by atoms with Gasteiger partial charge in [0.1, 0.15) is 15.8 Å². The summed E-state index contributed by atoms with van der Waals surface area (Å²) in [7, 11) is 3.38. The third-order valence-electron chi connectivity index (χ3n) is 4.00. The molecule has 1 fully saturated rings. The van der Waals surface area contributed by atoms with Crippen LogP contribution in [-0.2, 0) is 12.8 Å². The van der Waals surface area contributed by atoms with Gasteiger partial charge in [-0.1, -0.05) is 0 Å². The Morgan fingerprint density at radius 2 is 1.41 bits per heavy atom.